The third-order valence-corrected chi connectivity index (χ3v) is 13.1. The van der Waals surface area contributed by atoms with E-state index in [9.17, 15) is 28.8 Å². The number of likely N-dealkylation sites (tertiary alicyclic amines) is 1. The Bertz CT molecular complexity index is 2490. The number of benzene rings is 3. The third kappa shape index (κ3) is 8.26. The summed E-state index contributed by atoms with van der Waals surface area (Å²) in [5.74, 6) is -0.191. The van der Waals surface area contributed by atoms with Crippen molar-refractivity contribution < 1.29 is 38.2 Å². The van der Waals surface area contributed by atoms with Crippen LogP contribution in [-0.4, -0.2) is 105 Å². The molecule has 0 spiro atoms. The summed E-state index contributed by atoms with van der Waals surface area (Å²) in [6.07, 6.45) is 3.30. The van der Waals surface area contributed by atoms with Gasteiger partial charge in [0, 0.05) is 73.3 Å². The zero-order valence-corrected chi connectivity index (χ0v) is 35.1. The second kappa shape index (κ2) is 16.9. The fourth-order valence-electron chi connectivity index (χ4n) is 9.56. The minimum absolute atomic E-state index is 0.0474. The lowest BCUT2D eigenvalue weighted by Crippen LogP contribution is -2.52. The van der Waals surface area contributed by atoms with E-state index in [1.165, 1.54) is 5.56 Å². The van der Waals surface area contributed by atoms with Crippen LogP contribution >= 0.6 is 0 Å². The van der Waals surface area contributed by atoms with E-state index in [-0.39, 0.29) is 60.6 Å². The molecule has 15 nitrogen and oxygen atoms in total. The highest BCUT2D eigenvalue weighted by molar-refractivity contribution is 6.06. The fraction of sp³-hybridized carbons (Fsp3) is 0.426. The van der Waals surface area contributed by atoms with Crippen LogP contribution in [0.5, 0.6) is 11.5 Å². The molecule has 0 aliphatic carbocycles. The maximum atomic E-state index is 13.0. The summed E-state index contributed by atoms with van der Waals surface area (Å²) in [6.45, 7) is 9.76. The smallest absolute Gasteiger partial charge is 0.255 e. The van der Waals surface area contributed by atoms with E-state index in [2.05, 4.69) is 63.9 Å². The highest BCUT2D eigenvalue weighted by Gasteiger charge is 2.41. The Balaban J connectivity index is 0.000000171. The molecule has 0 bridgehead atoms. The van der Waals surface area contributed by atoms with Crippen molar-refractivity contribution in [2.45, 2.75) is 115 Å². The molecular formula is C47H51N7O8. The molecule has 10 rings (SSSR count). The highest BCUT2D eigenvalue weighted by Crippen LogP contribution is 2.34. The molecule has 62 heavy (non-hydrogen) atoms. The van der Waals surface area contributed by atoms with Crippen molar-refractivity contribution in [3.8, 4) is 11.5 Å². The first kappa shape index (κ1) is 41.2. The zero-order chi connectivity index (χ0) is 43.2. The van der Waals surface area contributed by atoms with Gasteiger partial charge in [-0.05, 0) is 124 Å². The SMILES string of the molecule is C[C@@H]1NCC[C@@H]1Oc1ccc2c(c1)CN(C1CCC(=O)NC1=O)C2=O.Cc1ccc2cc(CN3CC[C@H](Oc4ccc5c(c4)CN(C4CCC(=O)NC4=O)C5=O)[C@@H]3C)ccc2n1. The number of piperidine rings is 2. The van der Waals surface area contributed by atoms with Crippen LogP contribution in [0.3, 0.4) is 0 Å². The fourth-order valence-corrected chi connectivity index (χ4v) is 9.56. The average molecular weight is 842 g/mol. The molecule has 7 heterocycles. The van der Waals surface area contributed by atoms with Crippen LogP contribution in [-0.2, 0) is 38.8 Å². The quantitative estimate of drug-likeness (QED) is 0.219. The van der Waals surface area contributed by atoms with Crippen LogP contribution in [0, 0.1) is 6.92 Å². The van der Waals surface area contributed by atoms with Crippen molar-refractivity contribution in [3.63, 3.8) is 0 Å². The lowest BCUT2D eigenvalue weighted by molar-refractivity contribution is -0.138. The van der Waals surface area contributed by atoms with E-state index in [1.807, 2.05) is 37.3 Å². The van der Waals surface area contributed by atoms with E-state index < -0.39 is 18.0 Å². The number of carbonyl (C=O) groups excluding carboxylic acids is 6. The molecule has 0 radical (unpaired) electrons. The molecule has 322 valence electrons. The number of nitrogens with zero attached hydrogens (tertiary/aromatic N) is 4. The number of pyridine rings is 1. The molecule has 4 saturated heterocycles. The first-order valence-corrected chi connectivity index (χ1v) is 21.6. The largest absolute Gasteiger partial charge is 0.489 e. The molecule has 4 aromatic rings. The predicted molar refractivity (Wildman–Crippen MR) is 227 cm³/mol. The van der Waals surface area contributed by atoms with Crippen LogP contribution in [0.15, 0.2) is 66.7 Å². The molecule has 15 heteroatoms. The van der Waals surface area contributed by atoms with Crippen LogP contribution < -0.4 is 25.4 Å². The zero-order valence-electron chi connectivity index (χ0n) is 35.1. The van der Waals surface area contributed by atoms with Gasteiger partial charge in [-0.15, -0.1) is 0 Å². The molecule has 0 saturated carbocycles. The van der Waals surface area contributed by atoms with Crippen molar-refractivity contribution in [1.29, 1.82) is 0 Å². The Kier molecular flexibility index (Phi) is 11.2. The molecule has 6 amide bonds. The van der Waals surface area contributed by atoms with Crippen LogP contribution in [0.1, 0.15) is 95.5 Å². The molecule has 4 fully saturated rings. The summed E-state index contributed by atoms with van der Waals surface area (Å²) >= 11 is 0. The van der Waals surface area contributed by atoms with Crippen molar-refractivity contribution in [2.75, 3.05) is 13.1 Å². The normalized spacial score (nSPS) is 26.0. The Morgan fingerprint density at radius 1 is 0.677 bits per heavy atom. The molecule has 1 aromatic heterocycles. The number of aryl methyl sites for hydroxylation is 1. The molecule has 6 atom stereocenters. The Labute approximate surface area is 359 Å². The van der Waals surface area contributed by atoms with E-state index >= 15 is 0 Å². The van der Waals surface area contributed by atoms with Crippen LogP contribution in [0.25, 0.3) is 10.9 Å². The minimum atomic E-state index is -0.611. The average Bonchev–Trinajstić information content (AvgIpc) is 3.99. The molecule has 3 N–H and O–H groups in total. The molecule has 6 aliphatic rings. The maximum Gasteiger partial charge on any atom is 0.255 e. The number of fused-ring (bicyclic) bond motifs is 3. The predicted octanol–water partition coefficient (Wildman–Crippen LogP) is 3.92. The van der Waals surface area contributed by atoms with Crippen molar-refractivity contribution in [1.82, 2.24) is 35.6 Å². The first-order chi connectivity index (χ1) is 29.9. The number of ether oxygens (including phenoxy) is 2. The third-order valence-electron chi connectivity index (χ3n) is 13.1. The van der Waals surface area contributed by atoms with Crippen molar-refractivity contribution in [2.24, 2.45) is 0 Å². The van der Waals surface area contributed by atoms with E-state index in [1.54, 1.807) is 21.9 Å². The van der Waals surface area contributed by atoms with Crippen molar-refractivity contribution in [3.05, 3.63) is 100 Å². The van der Waals surface area contributed by atoms with Crippen LogP contribution in [0.2, 0.25) is 0 Å². The molecule has 2 unspecified atom stereocenters. The summed E-state index contributed by atoms with van der Waals surface area (Å²) in [4.78, 5) is 82.9. The highest BCUT2D eigenvalue weighted by atomic mass is 16.5. The number of carbonyl (C=O) groups is 6. The van der Waals surface area contributed by atoms with E-state index in [0.29, 0.717) is 43.1 Å². The summed E-state index contributed by atoms with van der Waals surface area (Å²) in [5, 5.41) is 9.16. The standard InChI is InChI=1S/C29H30N4O4.C18H21N3O4/c1-17-3-5-20-13-19(4-8-24(20)30-17)15-32-12-11-26(18(32)2)37-22-6-7-23-21(14-22)16-33(29(23)36)25-9-10-27(34)31-28(25)35;1-10-15(6-7-19-10)25-12-2-3-13-11(8-12)9-21(18(13)24)14-4-5-16(22)20-17(14)23/h3-8,13-14,18,25-26H,9-12,15-16H2,1-2H3,(H,31,34,35);2-3,8,10,14-15,19H,4-7,9H2,1H3,(H,20,22,23)/t18-,25?,26-;10-,14?,15-/m00/s1. The number of hydrogen-bond donors (Lipinski definition) is 3. The first-order valence-electron chi connectivity index (χ1n) is 21.6. The molecule has 6 aliphatic heterocycles. The Morgan fingerprint density at radius 2 is 1.27 bits per heavy atom. The summed E-state index contributed by atoms with van der Waals surface area (Å²) in [6, 6.07) is 21.0. The summed E-state index contributed by atoms with van der Waals surface area (Å²) in [7, 11) is 0. The number of amides is 6. The maximum absolute atomic E-state index is 13.0. The molecular weight excluding hydrogens is 791 g/mol. The van der Waals surface area contributed by atoms with Gasteiger partial charge < -0.3 is 24.6 Å². The van der Waals surface area contributed by atoms with Gasteiger partial charge in [-0.3, -0.25) is 49.3 Å². The van der Waals surface area contributed by atoms with Gasteiger partial charge in [0.05, 0.1) is 5.52 Å². The van der Waals surface area contributed by atoms with Gasteiger partial charge in [0.1, 0.15) is 35.8 Å². The lowest BCUT2D eigenvalue weighted by Gasteiger charge is -2.29. The van der Waals surface area contributed by atoms with Gasteiger partial charge in [0.25, 0.3) is 11.8 Å². The van der Waals surface area contributed by atoms with E-state index in [4.69, 9.17) is 9.47 Å². The number of nitrogens with one attached hydrogen (secondary N) is 3. The van der Waals surface area contributed by atoms with Gasteiger partial charge >= 0.3 is 0 Å². The van der Waals surface area contributed by atoms with Gasteiger partial charge in [-0.2, -0.15) is 0 Å². The summed E-state index contributed by atoms with van der Waals surface area (Å²) in [5.41, 5.74) is 6.23. The van der Waals surface area contributed by atoms with Crippen molar-refractivity contribution >= 4 is 46.3 Å². The number of imide groups is 2. The summed E-state index contributed by atoms with van der Waals surface area (Å²) < 4.78 is 12.5. The van der Waals surface area contributed by atoms with E-state index in [0.717, 1.165) is 71.7 Å². The second-order valence-corrected chi connectivity index (χ2v) is 17.3. The second-order valence-electron chi connectivity index (χ2n) is 17.3. The Hall–Kier alpha value is -6.19. The van der Waals surface area contributed by atoms with Crippen LogP contribution in [0.4, 0.5) is 0 Å². The topological polar surface area (TPSA) is 180 Å². The Morgan fingerprint density at radius 3 is 1.84 bits per heavy atom. The van der Waals surface area contributed by atoms with Gasteiger partial charge in [-0.25, -0.2) is 0 Å². The van der Waals surface area contributed by atoms with Gasteiger partial charge in [-0.1, -0.05) is 12.1 Å². The van der Waals surface area contributed by atoms with Gasteiger partial charge in [0.2, 0.25) is 23.6 Å². The monoisotopic (exact) mass is 841 g/mol. The number of hydrogen-bond acceptors (Lipinski definition) is 11. The molecule has 3 aromatic carbocycles. The number of rotatable bonds is 8. The number of aromatic nitrogens is 1. The minimum Gasteiger partial charge on any atom is -0.489 e. The van der Waals surface area contributed by atoms with Gasteiger partial charge in [0.15, 0.2) is 0 Å². The lowest BCUT2D eigenvalue weighted by atomic mass is 10.0.